The van der Waals surface area contributed by atoms with Crippen molar-refractivity contribution in [1.82, 2.24) is 9.80 Å². The maximum Gasteiger partial charge on any atom is 0.410 e. The molecular formula is C17H31N3O3. The number of hydrogen-bond acceptors (Lipinski definition) is 4. The van der Waals surface area contributed by atoms with Gasteiger partial charge in [0.05, 0.1) is 12.1 Å². The summed E-state index contributed by atoms with van der Waals surface area (Å²) in [5.74, 6) is 0.106. The standard InChI is InChI=1S/C17H31N3O3/c1-11(2)14(18)15(21)19-9-8-13(10-19)20(12-6-7-12)16(22)23-17(3,4)5/h11-14H,6-10,18H2,1-5H3. The molecule has 1 aliphatic carbocycles. The molecule has 6 nitrogen and oxygen atoms in total. The van der Waals surface area contributed by atoms with E-state index in [1.165, 1.54) is 0 Å². The Balaban J connectivity index is 2.00. The fraction of sp³-hybridized carbons (Fsp3) is 0.882. The number of nitrogens with two attached hydrogens (primary N) is 1. The highest BCUT2D eigenvalue weighted by Crippen LogP contribution is 2.33. The van der Waals surface area contributed by atoms with Crippen LogP contribution in [0.15, 0.2) is 0 Å². The molecule has 6 heteroatoms. The minimum atomic E-state index is -0.502. The molecule has 2 amide bonds. The van der Waals surface area contributed by atoms with Gasteiger partial charge in [-0.25, -0.2) is 4.79 Å². The minimum Gasteiger partial charge on any atom is -0.444 e. The molecule has 0 radical (unpaired) electrons. The van der Waals surface area contributed by atoms with Crippen LogP contribution in [0.5, 0.6) is 0 Å². The molecule has 1 saturated heterocycles. The summed E-state index contributed by atoms with van der Waals surface area (Å²) in [6, 6.07) is -0.158. The molecule has 0 spiro atoms. The van der Waals surface area contributed by atoms with Gasteiger partial charge in [-0.2, -0.15) is 0 Å². The lowest BCUT2D eigenvalue weighted by Crippen LogP contribution is -2.49. The summed E-state index contributed by atoms with van der Waals surface area (Å²) in [6.07, 6.45) is 2.59. The molecule has 2 fully saturated rings. The molecule has 2 aliphatic rings. The number of ether oxygens (including phenoxy) is 1. The second-order valence-electron chi connectivity index (χ2n) is 8.12. The first kappa shape index (κ1) is 18.0. The van der Waals surface area contributed by atoms with Crippen LogP contribution in [-0.2, 0) is 9.53 Å². The van der Waals surface area contributed by atoms with Gasteiger partial charge < -0.3 is 20.3 Å². The van der Waals surface area contributed by atoms with Gasteiger partial charge in [0.15, 0.2) is 0 Å². The lowest BCUT2D eigenvalue weighted by atomic mass is 10.0. The topological polar surface area (TPSA) is 75.9 Å². The van der Waals surface area contributed by atoms with E-state index in [9.17, 15) is 9.59 Å². The monoisotopic (exact) mass is 325 g/mol. The second kappa shape index (κ2) is 6.67. The first-order valence-corrected chi connectivity index (χ1v) is 8.66. The van der Waals surface area contributed by atoms with Crippen LogP contribution in [-0.4, -0.2) is 58.6 Å². The van der Waals surface area contributed by atoms with Gasteiger partial charge in [-0.3, -0.25) is 4.79 Å². The summed E-state index contributed by atoms with van der Waals surface area (Å²) in [6.45, 7) is 10.8. The lowest BCUT2D eigenvalue weighted by Gasteiger charge is -2.32. The maximum absolute atomic E-state index is 12.5. The normalized spacial score (nSPS) is 23.1. The van der Waals surface area contributed by atoms with Gasteiger partial charge in [0.1, 0.15) is 5.60 Å². The van der Waals surface area contributed by atoms with Crippen LogP contribution >= 0.6 is 0 Å². The van der Waals surface area contributed by atoms with Crippen molar-refractivity contribution in [2.45, 2.75) is 77.6 Å². The van der Waals surface area contributed by atoms with E-state index in [4.69, 9.17) is 10.5 Å². The first-order chi connectivity index (χ1) is 10.6. The summed E-state index contributed by atoms with van der Waals surface area (Å²) >= 11 is 0. The van der Waals surface area contributed by atoms with Crippen LogP contribution in [0.4, 0.5) is 4.79 Å². The number of rotatable bonds is 4. The van der Waals surface area contributed by atoms with E-state index in [1.54, 1.807) is 4.90 Å². The molecule has 2 unspecified atom stereocenters. The zero-order valence-electron chi connectivity index (χ0n) is 15.0. The smallest absolute Gasteiger partial charge is 0.410 e. The largest absolute Gasteiger partial charge is 0.444 e. The third-order valence-corrected chi connectivity index (χ3v) is 4.42. The van der Waals surface area contributed by atoms with Gasteiger partial charge in [0.2, 0.25) is 5.91 Å². The van der Waals surface area contributed by atoms with E-state index < -0.39 is 11.6 Å². The molecular weight excluding hydrogens is 294 g/mol. The second-order valence-corrected chi connectivity index (χ2v) is 8.12. The van der Waals surface area contributed by atoms with Crippen molar-refractivity contribution in [2.24, 2.45) is 11.7 Å². The van der Waals surface area contributed by atoms with Crippen molar-refractivity contribution >= 4 is 12.0 Å². The van der Waals surface area contributed by atoms with Crippen molar-refractivity contribution in [3.8, 4) is 0 Å². The Hall–Kier alpha value is -1.30. The van der Waals surface area contributed by atoms with E-state index in [1.807, 2.05) is 39.5 Å². The van der Waals surface area contributed by atoms with Crippen LogP contribution in [0.2, 0.25) is 0 Å². The molecule has 23 heavy (non-hydrogen) atoms. The van der Waals surface area contributed by atoms with Crippen LogP contribution in [0.3, 0.4) is 0 Å². The summed E-state index contributed by atoms with van der Waals surface area (Å²) in [5.41, 5.74) is 5.48. The van der Waals surface area contributed by atoms with E-state index in [-0.39, 0.29) is 30.0 Å². The van der Waals surface area contributed by atoms with Crippen molar-refractivity contribution in [1.29, 1.82) is 0 Å². The Morgan fingerprint density at radius 3 is 2.26 bits per heavy atom. The van der Waals surface area contributed by atoms with E-state index in [2.05, 4.69) is 0 Å². The van der Waals surface area contributed by atoms with E-state index >= 15 is 0 Å². The third kappa shape index (κ3) is 4.59. The lowest BCUT2D eigenvalue weighted by molar-refractivity contribution is -0.132. The van der Waals surface area contributed by atoms with Gasteiger partial charge in [-0.15, -0.1) is 0 Å². The number of amides is 2. The first-order valence-electron chi connectivity index (χ1n) is 8.66. The molecule has 1 heterocycles. The molecule has 2 rings (SSSR count). The third-order valence-electron chi connectivity index (χ3n) is 4.42. The highest BCUT2D eigenvalue weighted by molar-refractivity contribution is 5.82. The molecule has 0 aromatic rings. The zero-order valence-corrected chi connectivity index (χ0v) is 15.0. The van der Waals surface area contributed by atoms with Crippen LogP contribution in [0.25, 0.3) is 0 Å². The number of likely N-dealkylation sites (tertiary alicyclic amines) is 1. The van der Waals surface area contributed by atoms with E-state index in [0.717, 1.165) is 19.3 Å². The molecule has 0 bridgehead atoms. The van der Waals surface area contributed by atoms with Crippen LogP contribution in [0, 0.1) is 5.92 Å². The molecule has 1 saturated carbocycles. The molecule has 132 valence electrons. The Bertz CT molecular complexity index is 454. The summed E-state index contributed by atoms with van der Waals surface area (Å²) in [7, 11) is 0. The SMILES string of the molecule is CC(C)C(N)C(=O)N1CCC(N(C(=O)OC(C)(C)C)C2CC2)C1. The maximum atomic E-state index is 12.5. The van der Waals surface area contributed by atoms with Gasteiger partial charge in [-0.05, 0) is 46.0 Å². The fourth-order valence-corrected chi connectivity index (χ4v) is 2.93. The number of carbonyl (C=O) groups is 2. The van der Waals surface area contributed by atoms with Crippen LogP contribution in [0.1, 0.15) is 53.9 Å². The average Bonchev–Trinajstić information content (AvgIpc) is 3.12. The summed E-state index contributed by atoms with van der Waals surface area (Å²) in [5, 5.41) is 0. The van der Waals surface area contributed by atoms with Gasteiger partial charge in [-0.1, -0.05) is 13.8 Å². The molecule has 2 atom stereocenters. The molecule has 0 aromatic carbocycles. The van der Waals surface area contributed by atoms with Gasteiger partial charge in [0, 0.05) is 19.1 Å². The number of carbonyl (C=O) groups excluding carboxylic acids is 2. The Kier molecular flexibility index (Phi) is 5.23. The predicted molar refractivity (Wildman–Crippen MR) is 88.9 cm³/mol. The Labute approximate surface area is 139 Å². The van der Waals surface area contributed by atoms with E-state index in [0.29, 0.717) is 13.1 Å². The van der Waals surface area contributed by atoms with Crippen molar-refractivity contribution < 1.29 is 14.3 Å². The Morgan fingerprint density at radius 2 is 1.78 bits per heavy atom. The Morgan fingerprint density at radius 1 is 1.17 bits per heavy atom. The summed E-state index contributed by atoms with van der Waals surface area (Å²) < 4.78 is 5.55. The van der Waals surface area contributed by atoms with Gasteiger partial charge in [0.25, 0.3) is 0 Å². The van der Waals surface area contributed by atoms with Crippen molar-refractivity contribution in [3.63, 3.8) is 0 Å². The summed E-state index contributed by atoms with van der Waals surface area (Å²) in [4.78, 5) is 28.6. The van der Waals surface area contributed by atoms with Gasteiger partial charge >= 0.3 is 6.09 Å². The number of nitrogens with zero attached hydrogens (tertiary/aromatic N) is 2. The predicted octanol–water partition coefficient (Wildman–Crippen LogP) is 1.97. The number of hydrogen-bond donors (Lipinski definition) is 1. The minimum absolute atomic E-state index is 0.0116. The fourth-order valence-electron chi connectivity index (χ4n) is 2.93. The zero-order chi connectivity index (χ0) is 17.4. The quantitative estimate of drug-likeness (QED) is 0.857. The highest BCUT2D eigenvalue weighted by Gasteiger charge is 2.43. The molecule has 1 aliphatic heterocycles. The van der Waals surface area contributed by atoms with Crippen molar-refractivity contribution in [3.05, 3.63) is 0 Å². The van der Waals surface area contributed by atoms with Crippen molar-refractivity contribution in [2.75, 3.05) is 13.1 Å². The van der Waals surface area contributed by atoms with Crippen LogP contribution < -0.4 is 5.73 Å². The molecule has 0 aromatic heterocycles. The molecule has 2 N–H and O–H groups in total. The highest BCUT2D eigenvalue weighted by atomic mass is 16.6. The average molecular weight is 325 g/mol.